The number of rotatable bonds is 7. The van der Waals surface area contributed by atoms with E-state index in [1.807, 2.05) is 56.4 Å². The Bertz CT molecular complexity index is 719. The predicted octanol–water partition coefficient (Wildman–Crippen LogP) is 2.51. The van der Waals surface area contributed by atoms with Gasteiger partial charge < -0.3 is 19.7 Å². The van der Waals surface area contributed by atoms with Crippen molar-refractivity contribution < 1.29 is 19.2 Å². The van der Waals surface area contributed by atoms with Gasteiger partial charge in [-0.1, -0.05) is 15.9 Å². The number of benzene rings is 2. The summed E-state index contributed by atoms with van der Waals surface area (Å²) >= 11 is 3.39. The van der Waals surface area contributed by atoms with Crippen molar-refractivity contribution in [3.8, 4) is 11.5 Å². The molecule has 0 aliphatic rings. The third kappa shape index (κ3) is 5.21. The van der Waals surface area contributed by atoms with Gasteiger partial charge in [-0.2, -0.15) is 0 Å². The van der Waals surface area contributed by atoms with E-state index in [0.29, 0.717) is 18.0 Å². The molecule has 0 fully saturated rings. The highest BCUT2D eigenvalue weighted by Gasteiger charge is 2.22. The number of ether oxygens (including phenoxy) is 2. The number of amides is 1. The number of hydrogen-bond acceptors (Lipinski definition) is 3. The van der Waals surface area contributed by atoms with Gasteiger partial charge in [0.05, 0.1) is 21.3 Å². The molecule has 0 aliphatic heterocycles. The second kappa shape index (κ2) is 8.87. The molecule has 0 saturated heterocycles. The first kappa shape index (κ1) is 19.3. The highest BCUT2D eigenvalue weighted by Crippen LogP contribution is 2.27. The van der Waals surface area contributed by atoms with E-state index in [9.17, 15) is 4.79 Å². The van der Waals surface area contributed by atoms with Gasteiger partial charge in [0.15, 0.2) is 17.5 Å². The van der Waals surface area contributed by atoms with Crippen LogP contribution in [0.5, 0.6) is 11.5 Å². The second-order valence-electron chi connectivity index (χ2n) is 5.93. The highest BCUT2D eigenvalue weighted by atomic mass is 79.9. The lowest BCUT2D eigenvalue weighted by Crippen LogP contribution is -3.12. The maximum Gasteiger partial charge on any atom is 0.282 e. The number of halogens is 1. The lowest BCUT2D eigenvalue weighted by molar-refractivity contribution is -0.907. The van der Waals surface area contributed by atoms with E-state index >= 15 is 0 Å². The summed E-state index contributed by atoms with van der Waals surface area (Å²) in [5, 5.41) is 2.95. The fourth-order valence-electron chi connectivity index (χ4n) is 2.47. The van der Waals surface area contributed by atoms with Crippen LogP contribution in [0, 0.1) is 0 Å². The minimum absolute atomic E-state index is 0.0136. The Hall–Kier alpha value is -2.05. The molecule has 0 radical (unpaired) electrons. The molecule has 2 atom stereocenters. The van der Waals surface area contributed by atoms with Crippen LogP contribution in [0.25, 0.3) is 0 Å². The van der Waals surface area contributed by atoms with Gasteiger partial charge in [-0.3, -0.25) is 4.79 Å². The van der Waals surface area contributed by atoms with Gasteiger partial charge in [0.2, 0.25) is 0 Å². The summed E-state index contributed by atoms with van der Waals surface area (Å²) in [5.41, 5.74) is 1.87. The molecule has 0 spiro atoms. The molecule has 2 aromatic carbocycles. The van der Waals surface area contributed by atoms with Crippen LogP contribution >= 0.6 is 15.9 Å². The summed E-state index contributed by atoms with van der Waals surface area (Å²) < 4.78 is 11.6. The molecule has 2 rings (SSSR count). The van der Waals surface area contributed by atoms with Crippen molar-refractivity contribution in [2.24, 2.45) is 0 Å². The largest absolute Gasteiger partial charge is 0.493 e. The van der Waals surface area contributed by atoms with E-state index < -0.39 is 0 Å². The van der Waals surface area contributed by atoms with Crippen LogP contribution < -0.4 is 19.7 Å². The molecule has 1 amide bonds. The van der Waals surface area contributed by atoms with Gasteiger partial charge in [-0.25, -0.2) is 0 Å². The molecule has 2 N–H and O–H groups in total. The Morgan fingerprint density at radius 2 is 1.76 bits per heavy atom. The average Bonchev–Trinajstić information content (AvgIpc) is 2.62. The fourth-order valence-corrected chi connectivity index (χ4v) is 2.74. The average molecular weight is 408 g/mol. The summed E-state index contributed by atoms with van der Waals surface area (Å²) in [7, 11) is 5.23. The van der Waals surface area contributed by atoms with Gasteiger partial charge in [-0.05, 0) is 49.4 Å². The predicted molar refractivity (Wildman–Crippen MR) is 102 cm³/mol. The van der Waals surface area contributed by atoms with E-state index in [2.05, 4.69) is 21.2 Å². The van der Waals surface area contributed by atoms with E-state index in [-0.39, 0.29) is 11.9 Å². The number of quaternary nitrogens is 1. The Morgan fingerprint density at radius 3 is 2.36 bits per heavy atom. The van der Waals surface area contributed by atoms with Crippen LogP contribution in [0.4, 0.5) is 5.69 Å². The molecule has 25 heavy (non-hydrogen) atoms. The molecule has 0 aromatic heterocycles. The van der Waals surface area contributed by atoms with E-state index in [1.54, 1.807) is 14.2 Å². The van der Waals surface area contributed by atoms with Crippen molar-refractivity contribution in [1.82, 2.24) is 0 Å². The quantitative estimate of drug-likeness (QED) is 0.741. The maximum absolute atomic E-state index is 12.5. The molecular formula is C19H24BrN2O3+. The SMILES string of the molecule is COc1ccc(C[NH+](C)[C@H](C)C(=O)Nc2ccc(Br)cc2)cc1OC. The molecular weight excluding hydrogens is 384 g/mol. The lowest BCUT2D eigenvalue weighted by Gasteiger charge is -2.21. The first-order chi connectivity index (χ1) is 11.9. The Labute approximate surface area is 157 Å². The van der Waals surface area contributed by atoms with E-state index in [4.69, 9.17) is 9.47 Å². The van der Waals surface area contributed by atoms with Crippen molar-refractivity contribution >= 4 is 27.5 Å². The van der Waals surface area contributed by atoms with Gasteiger partial charge in [0.25, 0.3) is 5.91 Å². The number of carbonyl (C=O) groups excluding carboxylic acids is 1. The minimum Gasteiger partial charge on any atom is -0.493 e. The van der Waals surface area contributed by atoms with Crippen LogP contribution in [-0.2, 0) is 11.3 Å². The van der Waals surface area contributed by atoms with Gasteiger partial charge in [0, 0.05) is 15.7 Å². The molecule has 134 valence electrons. The number of anilines is 1. The molecule has 6 heteroatoms. The zero-order chi connectivity index (χ0) is 18.4. The van der Waals surface area contributed by atoms with E-state index in [0.717, 1.165) is 20.6 Å². The van der Waals surface area contributed by atoms with Crippen molar-refractivity contribution in [3.63, 3.8) is 0 Å². The highest BCUT2D eigenvalue weighted by molar-refractivity contribution is 9.10. The van der Waals surface area contributed by atoms with Crippen molar-refractivity contribution in [3.05, 3.63) is 52.5 Å². The van der Waals surface area contributed by atoms with E-state index in [1.165, 1.54) is 0 Å². The standard InChI is InChI=1S/C19H23BrN2O3/c1-13(19(23)21-16-8-6-15(20)7-9-16)22(2)12-14-5-10-17(24-3)18(11-14)25-4/h5-11,13H,12H2,1-4H3,(H,21,23)/p+1/t13-/m1/s1. The molecule has 0 heterocycles. The molecule has 1 unspecified atom stereocenters. The summed E-state index contributed by atoms with van der Waals surface area (Å²) in [6, 6.07) is 13.2. The Balaban J connectivity index is 2.00. The molecule has 0 saturated carbocycles. The molecule has 0 aliphatic carbocycles. The number of hydrogen-bond donors (Lipinski definition) is 2. The first-order valence-electron chi connectivity index (χ1n) is 8.04. The Kier molecular flexibility index (Phi) is 6.84. The Morgan fingerprint density at radius 1 is 1.12 bits per heavy atom. The number of methoxy groups -OCH3 is 2. The second-order valence-corrected chi connectivity index (χ2v) is 6.85. The third-order valence-corrected chi connectivity index (χ3v) is 4.70. The summed E-state index contributed by atoms with van der Waals surface area (Å²) in [6.45, 7) is 2.62. The van der Waals surface area contributed by atoms with Gasteiger partial charge >= 0.3 is 0 Å². The zero-order valence-corrected chi connectivity index (χ0v) is 16.5. The maximum atomic E-state index is 12.5. The van der Waals surface area contributed by atoms with Crippen LogP contribution in [0.1, 0.15) is 12.5 Å². The van der Waals surface area contributed by atoms with Crippen LogP contribution in [0.2, 0.25) is 0 Å². The van der Waals surface area contributed by atoms with Crippen molar-refractivity contribution in [2.75, 3.05) is 26.6 Å². The number of likely N-dealkylation sites (N-methyl/N-ethyl adjacent to an activating group) is 1. The fraction of sp³-hybridized carbons (Fsp3) is 0.316. The summed E-state index contributed by atoms with van der Waals surface area (Å²) in [5.74, 6) is 1.38. The molecule has 2 aromatic rings. The topological polar surface area (TPSA) is 52.0 Å². The van der Waals surface area contributed by atoms with Crippen LogP contribution in [0.3, 0.4) is 0 Å². The van der Waals surface area contributed by atoms with Crippen molar-refractivity contribution in [2.45, 2.75) is 19.5 Å². The minimum atomic E-state index is -0.197. The molecule has 5 nitrogen and oxygen atoms in total. The summed E-state index contributed by atoms with van der Waals surface area (Å²) in [6.07, 6.45) is 0. The zero-order valence-electron chi connectivity index (χ0n) is 14.9. The van der Waals surface area contributed by atoms with Gasteiger partial charge in [0.1, 0.15) is 6.54 Å². The number of nitrogens with one attached hydrogen (secondary N) is 2. The van der Waals surface area contributed by atoms with Gasteiger partial charge in [-0.15, -0.1) is 0 Å². The molecule has 0 bridgehead atoms. The van der Waals surface area contributed by atoms with Crippen LogP contribution in [0.15, 0.2) is 46.9 Å². The van der Waals surface area contributed by atoms with Crippen molar-refractivity contribution in [1.29, 1.82) is 0 Å². The number of carbonyl (C=O) groups is 1. The monoisotopic (exact) mass is 407 g/mol. The van der Waals surface area contributed by atoms with Crippen LogP contribution in [-0.4, -0.2) is 33.2 Å². The first-order valence-corrected chi connectivity index (χ1v) is 8.83. The summed E-state index contributed by atoms with van der Waals surface area (Å²) in [4.78, 5) is 13.5. The smallest absolute Gasteiger partial charge is 0.282 e. The normalized spacial score (nSPS) is 13.0. The lowest BCUT2D eigenvalue weighted by atomic mass is 10.1. The third-order valence-electron chi connectivity index (χ3n) is 4.18.